The summed E-state index contributed by atoms with van der Waals surface area (Å²) >= 11 is 0.403. The van der Waals surface area contributed by atoms with Gasteiger partial charge < -0.3 is 0 Å². The first kappa shape index (κ1) is 8.35. The Balaban J connectivity index is 2.24. The summed E-state index contributed by atoms with van der Waals surface area (Å²) < 4.78 is 8.15. The van der Waals surface area contributed by atoms with Crippen molar-refractivity contribution in [1.82, 2.24) is 0 Å². The monoisotopic (exact) mass is 393 g/mol. The molecule has 13 heavy (non-hydrogen) atoms. The summed E-state index contributed by atoms with van der Waals surface area (Å²) in [5, 5.41) is 0. The summed E-state index contributed by atoms with van der Waals surface area (Å²) in [4.78, 5) is 0. The molecule has 0 spiro atoms. The van der Waals surface area contributed by atoms with Crippen molar-refractivity contribution < 1.29 is 21.2 Å². The van der Waals surface area contributed by atoms with Gasteiger partial charge in [0.05, 0.1) is 0 Å². The van der Waals surface area contributed by atoms with E-state index in [0.717, 1.165) is 0 Å². The predicted octanol–water partition coefficient (Wildman–Crippen LogP) is -0.0299. The summed E-state index contributed by atoms with van der Waals surface area (Å²) in [6.45, 7) is 0. The Morgan fingerprint density at radius 1 is 1.15 bits per heavy atom. The molecule has 0 bridgehead atoms. The van der Waals surface area contributed by atoms with E-state index in [4.69, 9.17) is 0 Å². The third-order valence-corrected chi connectivity index (χ3v) is 8.03. The zero-order valence-electron chi connectivity index (χ0n) is 6.80. The Hall–Kier alpha value is 0.0300. The first-order valence-electron chi connectivity index (χ1n) is 4.05. The van der Waals surface area contributed by atoms with Gasteiger partial charge in [0.1, 0.15) is 0 Å². The molecule has 0 atom stereocenters. The summed E-state index contributed by atoms with van der Waals surface area (Å²) in [6.07, 6.45) is 2.34. The molecule has 0 saturated heterocycles. The second-order valence-corrected chi connectivity index (χ2v) is 7.79. The van der Waals surface area contributed by atoms with Crippen LogP contribution in [0.1, 0.15) is 5.56 Å². The minimum atomic E-state index is 0.162. The molecule has 0 unspecified atom stereocenters. The Bertz CT molecular complexity index is 453. The van der Waals surface area contributed by atoms with E-state index in [1.165, 1.54) is 11.1 Å². The number of rotatable bonds is 0. The zero-order chi connectivity index (χ0) is 8.67. The van der Waals surface area contributed by atoms with Crippen LogP contribution in [0.3, 0.4) is 0 Å². The van der Waals surface area contributed by atoms with Crippen molar-refractivity contribution in [2.75, 3.05) is 0 Å². The molecule has 2 heteroatoms. The fraction of sp³-hybridized carbons (Fsp3) is 0. The first-order valence-corrected chi connectivity index (χ1v) is 8.70. The predicted molar refractivity (Wildman–Crippen MR) is 61.3 cm³/mol. The van der Waals surface area contributed by atoms with Crippen LogP contribution in [-0.2, 0) is 0 Å². The van der Waals surface area contributed by atoms with Crippen molar-refractivity contribution in [1.29, 1.82) is 0 Å². The maximum absolute atomic E-state index is 2.50. The van der Waals surface area contributed by atoms with Crippen LogP contribution in [0.4, 0.5) is 0 Å². The van der Waals surface area contributed by atoms with Crippen LogP contribution < -0.4 is 21.2 Å². The van der Waals surface area contributed by atoms with Gasteiger partial charge in [-0.1, -0.05) is 0 Å². The molecule has 3 rings (SSSR count). The van der Waals surface area contributed by atoms with E-state index in [9.17, 15) is 0 Å². The number of hydrogen-bond donors (Lipinski definition) is 0. The van der Waals surface area contributed by atoms with Gasteiger partial charge in [-0.3, -0.25) is 0 Å². The van der Waals surface area contributed by atoms with Gasteiger partial charge in [0, 0.05) is 0 Å². The molecule has 0 radical (unpaired) electrons. The van der Waals surface area contributed by atoms with Crippen molar-refractivity contribution >= 4 is 30.3 Å². The standard InChI is InChI=1S/C11H7I2/c1-2-4-10-8(3-1)9-5-6-12-7-11(9)13-10/h1-7H/q-1. The molecule has 2 aliphatic rings. The van der Waals surface area contributed by atoms with E-state index in [-0.39, 0.29) is 41.9 Å². The third-order valence-electron chi connectivity index (χ3n) is 2.09. The van der Waals surface area contributed by atoms with E-state index < -0.39 is 0 Å². The number of allylic oxidation sites excluding steroid dienone is 3. The van der Waals surface area contributed by atoms with Crippen LogP contribution in [0.5, 0.6) is 0 Å². The molecular formula is C11H7I2-. The third kappa shape index (κ3) is 1.34. The number of fused-ring (bicyclic) bond motifs is 2. The second-order valence-electron chi connectivity index (χ2n) is 2.86. The summed E-state index contributed by atoms with van der Waals surface area (Å²) in [6, 6.07) is 8.87. The Morgan fingerprint density at radius 2 is 2.08 bits per heavy atom. The van der Waals surface area contributed by atoms with Crippen molar-refractivity contribution in [3.8, 4) is 0 Å². The molecule has 0 nitrogen and oxygen atoms in total. The summed E-state index contributed by atoms with van der Waals surface area (Å²) in [5.41, 5.74) is 3.02. The fourth-order valence-electron chi connectivity index (χ4n) is 1.49. The molecule has 1 aromatic rings. The fourth-order valence-corrected chi connectivity index (χ4v) is 7.27. The number of halogens is 2. The molecule has 66 valence electrons. The maximum atomic E-state index is 2.50. The van der Waals surface area contributed by atoms with Gasteiger partial charge in [-0.15, -0.1) is 0 Å². The van der Waals surface area contributed by atoms with E-state index in [1.54, 1.807) is 7.15 Å². The van der Waals surface area contributed by atoms with Gasteiger partial charge in [0.2, 0.25) is 0 Å². The molecular weight excluding hydrogens is 386 g/mol. The number of benzene rings is 1. The first-order chi connectivity index (χ1) is 6.45. The van der Waals surface area contributed by atoms with Crippen LogP contribution in [0.15, 0.2) is 38.0 Å². The molecule has 1 aromatic carbocycles. The van der Waals surface area contributed by atoms with E-state index in [2.05, 4.69) is 38.4 Å². The van der Waals surface area contributed by atoms with Gasteiger partial charge in [0.15, 0.2) is 0 Å². The molecule has 0 saturated carbocycles. The van der Waals surface area contributed by atoms with Crippen molar-refractivity contribution in [3.05, 3.63) is 47.1 Å². The van der Waals surface area contributed by atoms with Gasteiger partial charge in [-0.05, 0) is 0 Å². The van der Waals surface area contributed by atoms with Gasteiger partial charge >= 0.3 is 98.7 Å². The minimum absolute atomic E-state index is 0.162. The molecule has 0 N–H and O–H groups in total. The molecule has 0 aromatic heterocycles. The molecule has 2 heterocycles. The number of hydrogen-bond acceptors (Lipinski definition) is 0. The van der Waals surface area contributed by atoms with E-state index in [1.807, 2.05) is 0 Å². The Labute approximate surface area is 97.7 Å². The van der Waals surface area contributed by atoms with Gasteiger partial charge in [-0.25, -0.2) is 0 Å². The molecule has 2 aliphatic heterocycles. The molecule has 0 aliphatic carbocycles. The summed E-state index contributed by atoms with van der Waals surface area (Å²) in [5.74, 6) is 0. The van der Waals surface area contributed by atoms with Gasteiger partial charge in [-0.2, -0.15) is 0 Å². The van der Waals surface area contributed by atoms with Crippen molar-refractivity contribution in [2.45, 2.75) is 0 Å². The van der Waals surface area contributed by atoms with Crippen molar-refractivity contribution in [2.24, 2.45) is 0 Å². The van der Waals surface area contributed by atoms with E-state index in [0.29, 0.717) is 0 Å². The average molecular weight is 393 g/mol. The summed E-state index contributed by atoms with van der Waals surface area (Å²) in [7, 11) is 0. The van der Waals surface area contributed by atoms with E-state index >= 15 is 0 Å². The van der Waals surface area contributed by atoms with Crippen LogP contribution >= 0.6 is 20.7 Å². The van der Waals surface area contributed by atoms with Gasteiger partial charge in [0.25, 0.3) is 0 Å². The Kier molecular flexibility index (Phi) is 2.12. The SMILES string of the molecule is C1=CC2=C(C=I1)[I-]c1ccccc12. The van der Waals surface area contributed by atoms with Crippen LogP contribution in [0.25, 0.3) is 5.57 Å². The normalized spacial score (nSPS) is 18.8. The van der Waals surface area contributed by atoms with Crippen molar-refractivity contribution in [3.63, 3.8) is 0 Å². The molecule has 0 amide bonds. The zero-order valence-corrected chi connectivity index (χ0v) is 11.1. The molecule has 0 fully saturated rings. The quantitative estimate of drug-likeness (QED) is 0.544. The van der Waals surface area contributed by atoms with Crippen LogP contribution in [0.2, 0.25) is 0 Å². The van der Waals surface area contributed by atoms with Crippen LogP contribution in [-0.4, -0.2) is 4.01 Å². The topological polar surface area (TPSA) is 0 Å². The Morgan fingerprint density at radius 3 is 3.08 bits per heavy atom. The average Bonchev–Trinajstić information content (AvgIpc) is 2.56. The van der Waals surface area contributed by atoms with Crippen LogP contribution in [0, 0.1) is 3.57 Å². The second kappa shape index (κ2) is 3.31.